The van der Waals surface area contributed by atoms with Crippen LogP contribution in [0.5, 0.6) is 11.5 Å². The number of aromatic nitrogens is 2. The molecular formula is C21H26N4O4. The monoisotopic (exact) mass is 398 g/mol. The van der Waals surface area contributed by atoms with Crippen LogP contribution in [0, 0.1) is 0 Å². The summed E-state index contributed by atoms with van der Waals surface area (Å²) in [6, 6.07) is 5.35. The molecule has 1 amide bonds. The molecule has 8 heteroatoms. The number of aromatic amines is 1. The van der Waals surface area contributed by atoms with Gasteiger partial charge in [-0.2, -0.15) is 0 Å². The van der Waals surface area contributed by atoms with Crippen molar-refractivity contribution in [1.29, 1.82) is 0 Å². The van der Waals surface area contributed by atoms with E-state index in [1.807, 2.05) is 6.92 Å². The zero-order chi connectivity index (χ0) is 21.2. The molecule has 1 heterocycles. The predicted molar refractivity (Wildman–Crippen MR) is 111 cm³/mol. The number of methoxy groups -OCH3 is 2. The van der Waals surface area contributed by atoms with Crippen LogP contribution in [0.15, 0.2) is 35.9 Å². The molecule has 2 aromatic rings. The third-order valence-corrected chi connectivity index (χ3v) is 4.18. The van der Waals surface area contributed by atoms with Crippen molar-refractivity contribution < 1.29 is 19.1 Å². The van der Waals surface area contributed by atoms with E-state index in [4.69, 9.17) is 9.47 Å². The topological polar surface area (TPSA) is 105 Å². The molecule has 0 spiro atoms. The molecule has 0 atom stereocenters. The van der Waals surface area contributed by atoms with Gasteiger partial charge in [-0.05, 0) is 24.6 Å². The molecule has 2 rings (SSSR count). The fraction of sp³-hybridized carbons (Fsp3) is 0.286. The number of likely N-dealkylation sites (N-methyl/N-ethyl adjacent to an activating group) is 1. The van der Waals surface area contributed by atoms with Crippen LogP contribution >= 0.6 is 0 Å². The summed E-state index contributed by atoms with van der Waals surface area (Å²) in [6.07, 6.45) is 7.04. The number of carbonyl (C=O) groups is 2. The van der Waals surface area contributed by atoms with Crippen molar-refractivity contribution in [2.45, 2.75) is 19.8 Å². The third-order valence-electron chi connectivity index (χ3n) is 4.18. The van der Waals surface area contributed by atoms with Crippen molar-refractivity contribution in [3.05, 3.63) is 52.9 Å². The second-order valence-electron chi connectivity index (χ2n) is 6.08. The number of allylic oxidation sites excluding steroid dienone is 1. The van der Waals surface area contributed by atoms with Crippen LogP contribution < -0.4 is 20.1 Å². The number of benzene rings is 1. The van der Waals surface area contributed by atoms with Crippen molar-refractivity contribution in [3.8, 4) is 11.5 Å². The molecule has 0 aliphatic heterocycles. The molecule has 1 aromatic carbocycles. The maximum Gasteiger partial charge on any atom is 0.271 e. The fourth-order valence-electron chi connectivity index (χ4n) is 2.78. The molecule has 0 aliphatic carbocycles. The van der Waals surface area contributed by atoms with E-state index in [1.165, 1.54) is 7.11 Å². The minimum Gasteiger partial charge on any atom is -0.493 e. The maximum atomic E-state index is 12.7. The number of aldehydes is 1. The average molecular weight is 398 g/mol. The standard InChI is InChI=1S/C21H26N4O4/c1-5-7-16-17(24-13-23-16)11-15(12-26)25-21(27)18(22-2)10-14-8-6-9-19(28-3)20(14)29-4/h6,8-13,22H,5,7H2,1-4H3,(H,23,24)(H,25,27)/b15-11-,18-10-. The van der Waals surface area contributed by atoms with Gasteiger partial charge in [-0.25, -0.2) is 4.98 Å². The molecule has 0 aliphatic rings. The first-order valence-electron chi connectivity index (χ1n) is 9.18. The number of carbonyl (C=O) groups excluding carboxylic acids is 2. The molecule has 0 fully saturated rings. The summed E-state index contributed by atoms with van der Waals surface area (Å²) in [6.45, 7) is 2.05. The number of hydrogen-bond acceptors (Lipinski definition) is 6. The molecule has 0 radical (unpaired) electrons. The highest BCUT2D eigenvalue weighted by Crippen LogP contribution is 2.31. The molecular weight excluding hydrogens is 372 g/mol. The van der Waals surface area contributed by atoms with Gasteiger partial charge in [0.05, 0.1) is 31.9 Å². The normalized spacial score (nSPS) is 11.7. The number of nitrogens with zero attached hydrogens (tertiary/aromatic N) is 1. The first kappa shape index (κ1) is 21.7. The number of amides is 1. The first-order chi connectivity index (χ1) is 14.1. The van der Waals surface area contributed by atoms with Gasteiger partial charge in [0.25, 0.3) is 5.91 Å². The van der Waals surface area contributed by atoms with Gasteiger partial charge in [0.2, 0.25) is 0 Å². The summed E-state index contributed by atoms with van der Waals surface area (Å²) in [4.78, 5) is 31.4. The summed E-state index contributed by atoms with van der Waals surface area (Å²) < 4.78 is 10.7. The van der Waals surface area contributed by atoms with Crippen molar-refractivity contribution in [2.75, 3.05) is 21.3 Å². The van der Waals surface area contributed by atoms with Crippen molar-refractivity contribution in [1.82, 2.24) is 20.6 Å². The van der Waals surface area contributed by atoms with E-state index in [0.29, 0.717) is 29.0 Å². The Hall–Kier alpha value is -3.55. The van der Waals surface area contributed by atoms with Crippen molar-refractivity contribution >= 4 is 24.3 Å². The van der Waals surface area contributed by atoms with Gasteiger partial charge < -0.3 is 25.1 Å². The highest BCUT2D eigenvalue weighted by Gasteiger charge is 2.14. The van der Waals surface area contributed by atoms with Gasteiger partial charge in [0.15, 0.2) is 17.8 Å². The van der Waals surface area contributed by atoms with Crippen molar-refractivity contribution in [3.63, 3.8) is 0 Å². The Kier molecular flexibility index (Phi) is 8.02. The molecule has 0 saturated heterocycles. The molecule has 0 bridgehead atoms. The molecule has 8 nitrogen and oxygen atoms in total. The SMILES string of the molecule is CCCc1[nH]cnc1/C=C(/C=O)NC(=O)/C(=C/c1cccc(OC)c1OC)NC. The first-order valence-corrected chi connectivity index (χ1v) is 9.18. The summed E-state index contributed by atoms with van der Waals surface area (Å²) in [7, 11) is 4.69. The van der Waals surface area contributed by atoms with E-state index in [0.717, 1.165) is 18.5 Å². The van der Waals surface area contributed by atoms with Crippen LogP contribution in [0.3, 0.4) is 0 Å². The lowest BCUT2D eigenvalue weighted by molar-refractivity contribution is -0.118. The van der Waals surface area contributed by atoms with Crippen LogP contribution in [0.2, 0.25) is 0 Å². The number of H-pyrrole nitrogens is 1. The molecule has 3 N–H and O–H groups in total. The van der Waals surface area contributed by atoms with E-state index in [2.05, 4.69) is 20.6 Å². The van der Waals surface area contributed by atoms with Crippen LogP contribution in [0.1, 0.15) is 30.3 Å². The smallest absolute Gasteiger partial charge is 0.271 e. The Morgan fingerprint density at radius 1 is 1.24 bits per heavy atom. The highest BCUT2D eigenvalue weighted by molar-refractivity contribution is 6.02. The molecule has 154 valence electrons. The Balaban J connectivity index is 2.29. The summed E-state index contributed by atoms with van der Waals surface area (Å²) >= 11 is 0. The summed E-state index contributed by atoms with van der Waals surface area (Å²) in [5, 5.41) is 5.46. The number of rotatable bonds is 10. The average Bonchev–Trinajstić information content (AvgIpc) is 3.17. The largest absolute Gasteiger partial charge is 0.493 e. The number of imidazole rings is 1. The Labute approximate surface area is 170 Å². The van der Waals surface area contributed by atoms with E-state index in [1.54, 1.807) is 50.8 Å². The maximum absolute atomic E-state index is 12.7. The lowest BCUT2D eigenvalue weighted by Gasteiger charge is -2.12. The summed E-state index contributed by atoms with van der Waals surface area (Å²) in [5.74, 6) is 0.582. The van der Waals surface area contributed by atoms with E-state index in [9.17, 15) is 9.59 Å². The van der Waals surface area contributed by atoms with Gasteiger partial charge in [-0.15, -0.1) is 0 Å². The number of ether oxygens (including phenoxy) is 2. The van der Waals surface area contributed by atoms with E-state index in [-0.39, 0.29) is 11.4 Å². The van der Waals surface area contributed by atoms with E-state index >= 15 is 0 Å². The van der Waals surface area contributed by atoms with Crippen LogP contribution in [-0.2, 0) is 16.0 Å². The number of para-hydroxylation sites is 1. The molecule has 1 aromatic heterocycles. The molecule has 29 heavy (non-hydrogen) atoms. The molecule has 0 unspecified atom stereocenters. The number of nitrogens with one attached hydrogen (secondary N) is 3. The zero-order valence-corrected chi connectivity index (χ0v) is 17.0. The van der Waals surface area contributed by atoms with Crippen molar-refractivity contribution in [2.24, 2.45) is 0 Å². The number of aryl methyl sites for hydroxylation is 1. The van der Waals surface area contributed by atoms with Gasteiger partial charge in [-0.3, -0.25) is 9.59 Å². The Morgan fingerprint density at radius 2 is 2.03 bits per heavy atom. The van der Waals surface area contributed by atoms with Crippen LogP contribution in [-0.4, -0.2) is 43.4 Å². The zero-order valence-electron chi connectivity index (χ0n) is 17.0. The van der Waals surface area contributed by atoms with Gasteiger partial charge >= 0.3 is 0 Å². The lowest BCUT2D eigenvalue weighted by Crippen LogP contribution is -2.30. The minimum absolute atomic E-state index is 0.109. The quantitative estimate of drug-likeness (QED) is 0.419. The Morgan fingerprint density at radius 3 is 2.66 bits per heavy atom. The van der Waals surface area contributed by atoms with Gasteiger partial charge in [-0.1, -0.05) is 25.5 Å². The number of hydrogen-bond donors (Lipinski definition) is 3. The second kappa shape index (κ2) is 10.7. The highest BCUT2D eigenvalue weighted by atomic mass is 16.5. The lowest BCUT2D eigenvalue weighted by atomic mass is 10.1. The fourth-order valence-corrected chi connectivity index (χ4v) is 2.78. The second-order valence-corrected chi connectivity index (χ2v) is 6.08. The Bertz CT molecular complexity index is 915. The van der Waals surface area contributed by atoms with Crippen LogP contribution in [0.4, 0.5) is 0 Å². The van der Waals surface area contributed by atoms with E-state index < -0.39 is 5.91 Å². The molecule has 0 saturated carbocycles. The van der Waals surface area contributed by atoms with Crippen LogP contribution in [0.25, 0.3) is 12.2 Å². The van der Waals surface area contributed by atoms with Gasteiger partial charge in [0.1, 0.15) is 5.70 Å². The van der Waals surface area contributed by atoms with Gasteiger partial charge in [0, 0.05) is 18.3 Å². The summed E-state index contributed by atoms with van der Waals surface area (Å²) in [5.41, 5.74) is 2.55. The predicted octanol–water partition coefficient (Wildman–Crippen LogP) is 2.30. The minimum atomic E-state index is -0.469. The third kappa shape index (κ3) is 5.47.